The number of hydrogen-bond donors (Lipinski definition) is 2. The molecule has 0 saturated heterocycles. The van der Waals surface area contributed by atoms with Gasteiger partial charge >= 0.3 is 0 Å². The van der Waals surface area contributed by atoms with Crippen molar-refractivity contribution in [2.45, 2.75) is 13.5 Å². The van der Waals surface area contributed by atoms with Crippen LogP contribution in [0.25, 0.3) is 21.0 Å². The average Bonchev–Trinajstić information content (AvgIpc) is 3.00. The molecule has 2 N–H and O–H groups in total. The number of hydrogen-bond acceptors (Lipinski definition) is 5. The number of fused-ring (bicyclic) bond motifs is 2. The molecule has 0 unspecified atom stereocenters. The molecular weight excluding hydrogens is 352 g/mol. The minimum atomic E-state index is -0.436. The minimum Gasteiger partial charge on any atom is -0.300 e. The number of thiazole rings is 1. The van der Waals surface area contributed by atoms with Gasteiger partial charge < -0.3 is 5.32 Å². The molecule has 0 atom stereocenters. The van der Waals surface area contributed by atoms with Crippen molar-refractivity contribution >= 4 is 43.4 Å². The van der Waals surface area contributed by atoms with Gasteiger partial charge in [0.15, 0.2) is 5.13 Å². The third-order valence-electron chi connectivity index (χ3n) is 3.98. The van der Waals surface area contributed by atoms with E-state index in [2.05, 4.69) is 15.4 Å². The van der Waals surface area contributed by atoms with Crippen LogP contribution in [0.2, 0.25) is 0 Å². The predicted molar refractivity (Wildman–Crippen MR) is 102 cm³/mol. The van der Waals surface area contributed by atoms with Crippen molar-refractivity contribution in [2.75, 3.05) is 5.32 Å². The Morgan fingerprint density at radius 3 is 2.77 bits per heavy atom. The molecule has 0 radical (unpaired) electrons. The van der Waals surface area contributed by atoms with Crippen molar-refractivity contribution in [1.29, 1.82) is 0 Å². The molecule has 0 fully saturated rings. The number of H-pyrrole nitrogens is 1. The van der Waals surface area contributed by atoms with E-state index in [9.17, 15) is 14.4 Å². The summed E-state index contributed by atoms with van der Waals surface area (Å²) in [5, 5.41) is 6.15. The third kappa shape index (κ3) is 2.91. The molecule has 0 spiro atoms. The van der Waals surface area contributed by atoms with Crippen molar-refractivity contribution in [3.05, 3.63) is 68.7 Å². The molecular formula is C18H14N4O3S. The van der Waals surface area contributed by atoms with Crippen molar-refractivity contribution in [2.24, 2.45) is 0 Å². The van der Waals surface area contributed by atoms with E-state index in [1.807, 2.05) is 25.1 Å². The first kappa shape index (κ1) is 16.2. The second kappa shape index (κ2) is 6.23. The third-order valence-corrected chi connectivity index (χ3v) is 4.91. The van der Waals surface area contributed by atoms with Gasteiger partial charge in [-0.25, -0.2) is 9.67 Å². The summed E-state index contributed by atoms with van der Waals surface area (Å²) in [6, 6.07) is 12.3. The summed E-state index contributed by atoms with van der Waals surface area (Å²) in [6.45, 7) is 1.69. The number of aromatic nitrogens is 3. The Kier molecular flexibility index (Phi) is 3.89. The molecule has 2 heterocycles. The van der Waals surface area contributed by atoms with Gasteiger partial charge in [-0.1, -0.05) is 29.5 Å². The first-order chi connectivity index (χ1) is 12.5. The molecule has 0 saturated carbocycles. The van der Waals surface area contributed by atoms with Gasteiger partial charge in [0.2, 0.25) is 5.91 Å². The maximum atomic E-state index is 12.4. The Morgan fingerprint density at radius 1 is 1.19 bits per heavy atom. The molecule has 0 aliphatic carbocycles. The van der Waals surface area contributed by atoms with Crippen LogP contribution in [0.5, 0.6) is 0 Å². The normalized spacial score (nSPS) is 11.1. The molecule has 0 aliphatic heterocycles. The second-order valence-electron chi connectivity index (χ2n) is 5.92. The van der Waals surface area contributed by atoms with E-state index in [0.717, 1.165) is 20.5 Å². The SMILES string of the molecule is Cc1ccc2nc(NC(=O)Cn3[nH]c(=O)c4ccccc4c3=O)sc2c1. The van der Waals surface area contributed by atoms with Crippen LogP contribution in [0.4, 0.5) is 5.13 Å². The van der Waals surface area contributed by atoms with Crippen LogP contribution in [-0.4, -0.2) is 20.7 Å². The highest BCUT2D eigenvalue weighted by Crippen LogP contribution is 2.26. The van der Waals surface area contributed by atoms with E-state index < -0.39 is 17.0 Å². The van der Waals surface area contributed by atoms with E-state index in [1.54, 1.807) is 24.3 Å². The molecule has 4 rings (SSSR count). The Hall–Kier alpha value is -3.26. The summed E-state index contributed by atoms with van der Waals surface area (Å²) in [4.78, 5) is 41.2. The van der Waals surface area contributed by atoms with Crippen molar-refractivity contribution < 1.29 is 4.79 Å². The molecule has 0 aliphatic rings. The zero-order valence-electron chi connectivity index (χ0n) is 13.8. The largest absolute Gasteiger partial charge is 0.300 e. The Labute approximate surface area is 150 Å². The van der Waals surface area contributed by atoms with Gasteiger partial charge in [0.05, 0.1) is 21.0 Å². The van der Waals surface area contributed by atoms with Crippen LogP contribution in [0.3, 0.4) is 0 Å². The molecule has 8 heteroatoms. The number of benzene rings is 2. The number of amides is 1. The number of anilines is 1. The highest BCUT2D eigenvalue weighted by molar-refractivity contribution is 7.22. The molecule has 1 amide bonds. The standard InChI is InChI=1S/C18H14N4O3S/c1-10-6-7-13-14(8-10)26-18(19-13)20-15(23)9-22-17(25)12-5-3-2-4-11(12)16(24)21-22/h2-8H,9H2,1H3,(H,21,24)(H,19,20,23). The van der Waals surface area contributed by atoms with Crippen LogP contribution in [0.1, 0.15) is 5.56 Å². The summed E-state index contributed by atoms with van der Waals surface area (Å²) in [6.07, 6.45) is 0. The molecule has 26 heavy (non-hydrogen) atoms. The fourth-order valence-corrected chi connectivity index (χ4v) is 3.73. The number of carbonyl (C=O) groups excluding carboxylic acids is 1. The molecule has 2 aromatic carbocycles. The number of rotatable bonds is 3. The topological polar surface area (TPSA) is 96.8 Å². The highest BCUT2D eigenvalue weighted by Gasteiger charge is 2.12. The smallest absolute Gasteiger partial charge is 0.273 e. The summed E-state index contributed by atoms with van der Waals surface area (Å²) in [5.41, 5.74) is 1.07. The fraction of sp³-hybridized carbons (Fsp3) is 0.111. The molecule has 2 aromatic heterocycles. The first-order valence-electron chi connectivity index (χ1n) is 7.90. The lowest BCUT2D eigenvalue weighted by Gasteiger charge is -2.06. The van der Waals surface area contributed by atoms with E-state index in [1.165, 1.54) is 11.3 Å². The lowest BCUT2D eigenvalue weighted by atomic mass is 10.2. The van der Waals surface area contributed by atoms with E-state index in [4.69, 9.17) is 0 Å². The van der Waals surface area contributed by atoms with Gasteiger partial charge in [0, 0.05) is 0 Å². The average molecular weight is 366 g/mol. The molecule has 4 aromatic rings. The molecule has 0 bridgehead atoms. The fourth-order valence-electron chi connectivity index (χ4n) is 2.75. The van der Waals surface area contributed by atoms with E-state index in [0.29, 0.717) is 10.5 Å². The van der Waals surface area contributed by atoms with Crippen LogP contribution < -0.4 is 16.4 Å². The summed E-state index contributed by atoms with van der Waals surface area (Å²) >= 11 is 1.36. The number of nitrogens with zero attached hydrogens (tertiary/aromatic N) is 2. The van der Waals surface area contributed by atoms with Gasteiger partial charge in [-0.2, -0.15) is 0 Å². The van der Waals surface area contributed by atoms with Gasteiger partial charge in [0.1, 0.15) is 6.54 Å². The zero-order valence-corrected chi connectivity index (χ0v) is 14.6. The molecule has 7 nitrogen and oxygen atoms in total. The quantitative estimate of drug-likeness (QED) is 0.581. The van der Waals surface area contributed by atoms with Gasteiger partial charge in [-0.3, -0.25) is 19.5 Å². The maximum Gasteiger partial charge on any atom is 0.273 e. The zero-order chi connectivity index (χ0) is 18.3. The molecule has 130 valence electrons. The number of carbonyl (C=O) groups is 1. The summed E-state index contributed by atoms with van der Waals surface area (Å²) in [5.74, 6) is -0.436. The summed E-state index contributed by atoms with van der Waals surface area (Å²) < 4.78 is 1.98. The van der Waals surface area contributed by atoms with Crippen LogP contribution in [-0.2, 0) is 11.3 Å². The van der Waals surface area contributed by atoms with Crippen molar-refractivity contribution in [3.8, 4) is 0 Å². The van der Waals surface area contributed by atoms with Gasteiger partial charge in [-0.15, -0.1) is 0 Å². The Morgan fingerprint density at radius 2 is 1.96 bits per heavy atom. The van der Waals surface area contributed by atoms with E-state index >= 15 is 0 Å². The highest BCUT2D eigenvalue weighted by atomic mass is 32.1. The monoisotopic (exact) mass is 366 g/mol. The van der Waals surface area contributed by atoms with Crippen molar-refractivity contribution in [3.63, 3.8) is 0 Å². The Bertz CT molecular complexity index is 1270. The number of aromatic amines is 1. The van der Waals surface area contributed by atoms with Crippen LogP contribution >= 0.6 is 11.3 Å². The van der Waals surface area contributed by atoms with Crippen molar-refractivity contribution in [1.82, 2.24) is 14.8 Å². The lowest BCUT2D eigenvalue weighted by molar-refractivity contribution is -0.117. The van der Waals surface area contributed by atoms with Crippen LogP contribution in [0.15, 0.2) is 52.1 Å². The maximum absolute atomic E-state index is 12.4. The minimum absolute atomic E-state index is 0.277. The lowest BCUT2D eigenvalue weighted by Crippen LogP contribution is -2.34. The van der Waals surface area contributed by atoms with Crippen LogP contribution in [0, 0.1) is 6.92 Å². The Balaban J connectivity index is 1.61. The first-order valence-corrected chi connectivity index (χ1v) is 8.72. The van der Waals surface area contributed by atoms with Gasteiger partial charge in [0.25, 0.3) is 11.1 Å². The summed E-state index contributed by atoms with van der Waals surface area (Å²) in [7, 11) is 0. The van der Waals surface area contributed by atoms with E-state index in [-0.39, 0.29) is 11.9 Å². The number of aryl methyl sites for hydroxylation is 1. The van der Waals surface area contributed by atoms with Gasteiger partial charge in [-0.05, 0) is 36.8 Å². The second-order valence-corrected chi connectivity index (χ2v) is 6.95. The number of nitrogens with one attached hydrogen (secondary N) is 2. The predicted octanol–water partition coefficient (Wildman–Crippen LogP) is 2.25.